The van der Waals surface area contributed by atoms with Gasteiger partial charge in [0.1, 0.15) is 11.8 Å². The summed E-state index contributed by atoms with van der Waals surface area (Å²) in [5.41, 5.74) is 0.946. The summed E-state index contributed by atoms with van der Waals surface area (Å²) in [5, 5.41) is 3.47. The number of halogens is 2. The number of hydrogen-bond acceptors (Lipinski definition) is 3. The van der Waals surface area contributed by atoms with E-state index in [1.54, 1.807) is 30.0 Å². The van der Waals surface area contributed by atoms with Crippen molar-refractivity contribution in [2.75, 3.05) is 13.2 Å². The van der Waals surface area contributed by atoms with Gasteiger partial charge in [-0.2, -0.15) is 0 Å². The van der Waals surface area contributed by atoms with Gasteiger partial charge in [0.15, 0.2) is 6.61 Å². The molecular weight excluding hydrogens is 456 g/mol. The van der Waals surface area contributed by atoms with Crippen LogP contribution in [0, 0.1) is 0 Å². The van der Waals surface area contributed by atoms with E-state index >= 15 is 0 Å². The maximum Gasteiger partial charge on any atom is 0.261 e. The van der Waals surface area contributed by atoms with E-state index in [4.69, 9.17) is 16.3 Å². The Labute approximate surface area is 185 Å². The van der Waals surface area contributed by atoms with Gasteiger partial charge in [-0.15, -0.1) is 0 Å². The summed E-state index contributed by atoms with van der Waals surface area (Å²) in [6.07, 6.45) is 1.89. The van der Waals surface area contributed by atoms with E-state index in [2.05, 4.69) is 28.2 Å². The Hall–Kier alpha value is -2.05. The van der Waals surface area contributed by atoms with Crippen LogP contribution in [0.1, 0.15) is 32.3 Å². The van der Waals surface area contributed by atoms with Crippen LogP contribution >= 0.6 is 27.5 Å². The van der Waals surface area contributed by atoms with Crippen molar-refractivity contribution in [1.82, 2.24) is 10.2 Å². The van der Waals surface area contributed by atoms with Gasteiger partial charge in [0.2, 0.25) is 5.91 Å². The molecule has 0 aliphatic rings. The minimum absolute atomic E-state index is 0.171. The Morgan fingerprint density at radius 3 is 2.59 bits per heavy atom. The summed E-state index contributed by atoms with van der Waals surface area (Å²) in [6, 6.07) is 14.1. The third kappa shape index (κ3) is 7.37. The normalized spacial score (nSPS) is 11.6. The van der Waals surface area contributed by atoms with Gasteiger partial charge in [-0.1, -0.05) is 55.3 Å². The predicted octanol–water partition coefficient (Wildman–Crippen LogP) is 4.81. The second-order valence-electron chi connectivity index (χ2n) is 6.69. The van der Waals surface area contributed by atoms with Crippen LogP contribution in [0.4, 0.5) is 0 Å². The van der Waals surface area contributed by atoms with Crippen molar-refractivity contribution in [2.45, 2.75) is 39.3 Å². The molecule has 29 heavy (non-hydrogen) atoms. The van der Waals surface area contributed by atoms with E-state index in [1.807, 2.05) is 30.3 Å². The molecule has 0 aliphatic heterocycles. The fraction of sp³-hybridized carbons (Fsp3) is 0.364. The first-order valence-electron chi connectivity index (χ1n) is 9.61. The molecule has 1 N–H and O–H groups in total. The number of unbranched alkanes of at least 4 members (excludes halogenated alkanes) is 1. The zero-order chi connectivity index (χ0) is 21.2. The Balaban J connectivity index is 2.10. The average Bonchev–Trinajstić information content (AvgIpc) is 2.71. The van der Waals surface area contributed by atoms with Crippen LogP contribution in [0.5, 0.6) is 5.75 Å². The first-order valence-corrected chi connectivity index (χ1v) is 10.8. The van der Waals surface area contributed by atoms with Gasteiger partial charge in [0, 0.05) is 18.1 Å². The third-order valence-corrected chi connectivity index (χ3v) is 5.29. The van der Waals surface area contributed by atoms with Gasteiger partial charge in [0.05, 0.1) is 4.47 Å². The highest BCUT2D eigenvalue weighted by Crippen LogP contribution is 2.28. The topological polar surface area (TPSA) is 58.6 Å². The van der Waals surface area contributed by atoms with Crippen LogP contribution in [-0.2, 0) is 16.1 Å². The van der Waals surface area contributed by atoms with Gasteiger partial charge in [-0.25, -0.2) is 0 Å². The lowest BCUT2D eigenvalue weighted by Gasteiger charge is -2.28. The fourth-order valence-electron chi connectivity index (χ4n) is 2.71. The molecular formula is C22H26BrClN2O3. The molecule has 0 saturated heterocycles. The van der Waals surface area contributed by atoms with E-state index in [0.29, 0.717) is 28.3 Å². The molecule has 0 bridgehead atoms. The molecule has 0 aromatic heterocycles. The number of carbonyl (C=O) groups excluding carboxylic acids is 2. The lowest BCUT2D eigenvalue weighted by atomic mass is 10.1. The summed E-state index contributed by atoms with van der Waals surface area (Å²) in [6.45, 7) is 4.54. The number of rotatable bonds is 10. The van der Waals surface area contributed by atoms with Crippen molar-refractivity contribution < 1.29 is 14.3 Å². The largest absolute Gasteiger partial charge is 0.483 e. The second-order valence-corrected chi connectivity index (χ2v) is 7.98. The smallest absolute Gasteiger partial charge is 0.261 e. The molecule has 2 aromatic carbocycles. The van der Waals surface area contributed by atoms with Gasteiger partial charge >= 0.3 is 0 Å². The monoisotopic (exact) mass is 480 g/mol. The number of benzene rings is 2. The zero-order valence-electron chi connectivity index (χ0n) is 16.7. The highest BCUT2D eigenvalue weighted by atomic mass is 79.9. The van der Waals surface area contributed by atoms with Gasteiger partial charge in [0.25, 0.3) is 5.91 Å². The maximum absolute atomic E-state index is 13.0. The Bertz CT molecular complexity index is 817. The molecule has 2 rings (SSSR count). The van der Waals surface area contributed by atoms with Crippen molar-refractivity contribution in [3.63, 3.8) is 0 Å². The second kappa shape index (κ2) is 11.8. The van der Waals surface area contributed by atoms with E-state index in [1.165, 1.54) is 0 Å². The molecule has 156 valence electrons. The number of ether oxygens (including phenoxy) is 1. The van der Waals surface area contributed by atoms with Gasteiger partial charge in [-0.05, 0) is 53.0 Å². The predicted molar refractivity (Wildman–Crippen MR) is 119 cm³/mol. The minimum atomic E-state index is -0.614. The van der Waals surface area contributed by atoms with Gasteiger partial charge < -0.3 is 15.0 Å². The number of nitrogens with one attached hydrogen (secondary N) is 1. The number of carbonyl (C=O) groups is 2. The van der Waals surface area contributed by atoms with Crippen molar-refractivity contribution in [3.05, 3.63) is 63.6 Å². The maximum atomic E-state index is 13.0. The molecule has 0 saturated carbocycles. The van der Waals surface area contributed by atoms with Crippen LogP contribution < -0.4 is 10.1 Å². The molecule has 0 heterocycles. The Morgan fingerprint density at radius 2 is 1.93 bits per heavy atom. The summed E-state index contributed by atoms with van der Waals surface area (Å²) in [4.78, 5) is 27.0. The van der Waals surface area contributed by atoms with Crippen LogP contribution in [0.3, 0.4) is 0 Å². The van der Waals surface area contributed by atoms with Crippen LogP contribution in [0.2, 0.25) is 5.02 Å². The summed E-state index contributed by atoms with van der Waals surface area (Å²) in [7, 11) is 0. The molecule has 2 aromatic rings. The lowest BCUT2D eigenvalue weighted by molar-refractivity contribution is -0.142. The van der Waals surface area contributed by atoms with E-state index in [-0.39, 0.29) is 18.4 Å². The quantitative estimate of drug-likeness (QED) is 0.495. The number of nitrogens with zero attached hydrogens (tertiary/aromatic N) is 1. The van der Waals surface area contributed by atoms with Crippen molar-refractivity contribution in [1.29, 1.82) is 0 Å². The molecule has 2 amide bonds. The molecule has 0 spiro atoms. The van der Waals surface area contributed by atoms with Crippen LogP contribution in [0.15, 0.2) is 53.0 Å². The molecule has 5 nitrogen and oxygen atoms in total. The van der Waals surface area contributed by atoms with E-state index in [0.717, 1.165) is 18.4 Å². The van der Waals surface area contributed by atoms with Crippen LogP contribution in [0.25, 0.3) is 0 Å². The van der Waals surface area contributed by atoms with E-state index < -0.39 is 6.04 Å². The Morgan fingerprint density at radius 1 is 1.21 bits per heavy atom. The lowest BCUT2D eigenvalue weighted by Crippen LogP contribution is -2.49. The average molecular weight is 482 g/mol. The molecule has 1 unspecified atom stereocenters. The SMILES string of the molecule is CCCCNC(=O)C(C)N(Cc1ccccc1)C(=O)COc1ccc(Cl)cc1Br. The number of amides is 2. The summed E-state index contributed by atoms with van der Waals surface area (Å²) < 4.78 is 6.34. The van der Waals surface area contributed by atoms with Crippen molar-refractivity contribution in [3.8, 4) is 5.75 Å². The molecule has 0 fully saturated rings. The number of hydrogen-bond donors (Lipinski definition) is 1. The highest BCUT2D eigenvalue weighted by Gasteiger charge is 2.26. The molecule has 0 aliphatic carbocycles. The van der Waals surface area contributed by atoms with Crippen LogP contribution in [-0.4, -0.2) is 35.9 Å². The first kappa shape index (κ1) is 23.2. The third-order valence-electron chi connectivity index (χ3n) is 4.44. The Kier molecular flexibility index (Phi) is 9.48. The van der Waals surface area contributed by atoms with E-state index in [9.17, 15) is 9.59 Å². The molecule has 1 atom stereocenters. The molecule has 7 heteroatoms. The zero-order valence-corrected chi connectivity index (χ0v) is 19.0. The highest BCUT2D eigenvalue weighted by molar-refractivity contribution is 9.10. The first-order chi connectivity index (χ1) is 13.9. The summed E-state index contributed by atoms with van der Waals surface area (Å²) in [5.74, 6) is 0.0757. The molecule has 0 radical (unpaired) electrons. The summed E-state index contributed by atoms with van der Waals surface area (Å²) >= 11 is 9.32. The van der Waals surface area contributed by atoms with Crippen molar-refractivity contribution >= 4 is 39.3 Å². The fourth-order valence-corrected chi connectivity index (χ4v) is 3.51. The van der Waals surface area contributed by atoms with Gasteiger partial charge in [-0.3, -0.25) is 9.59 Å². The van der Waals surface area contributed by atoms with Crippen molar-refractivity contribution in [2.24, 2.45) is 0 Å². The standard InChI is InChI=1S/C22H26BrClN2O3/c1-3-4-12-25-22(28)16(2)26(14-17-8-6-5-7-9-17)21(27)15-29-20-11-10-18(24)13-19(20)23/h5-11,13,16H,3-4,12,14-15H2,1-2H3,(H,25,28). The minimum Gasteiger partial charge on any atom is -0.483 e.